The lowest BCUT2D eigenvalue weighted by Crippen LogP contribution is -2.27. The monoisotopic (exact) mass is 431 g/mol. The number of nitrogens with two attached hydrogens (primary N) is 1. The fraction of sp³-hybridized carbons (Fsp3) is 0.217. The van der Waals surface area contributed by atoms with Gasteiger partial charge in [0, 0.05) is 50.0 Å². The second-order valence-corrected chi connectivity index (χ2v) is 7.99. The van der Waals surface area contributed by atoms with Crippen LogP contribution in [0.15, 0.2) is 61.1 Å². The molecule has 1 atom stereocenters. The zero-order valence-electron chi connectivity index (χ0n) is 17.5. The van der Waals surface area contributed by atoms with Crippen molar-refractivity contribution in [1.29, 1.82) is 0 Å². The maximum absolute atomic E-state index is 13.5. The molecule has 4 aromatic rings. The molecule has 5 rings (SSSR count). The summed E-state index contributed by atoms with van der Waals surface area (Å²) < 4.78 is 15.2. The van der Waals surface area contributed by atoms with E-state index in [1.165, 1.54) is 12.3 Å². The van der Waals surface area contributed by atoms with Crippen LogP contribution < -0.4 is 15.5 Å². The number of hydrogen-bond acceptors (Lipinski definition) is 6. The van der Waals surface area contributed by atoms with E-state index in [0.29, 0.717) is 31.0 Å². The molecule has 0 bridgehead atoms. The van der Waals surface area contributed by atoms with Gasteiger partial charge in [0.15, 0.2) is 5.65 Å². The van der Waals surface area contributed by atoms with Crippen molar-refractivity contribution in [2.75, 3.05) is 23.4 Å². The zero-order valence-corrected chi connectivity index (χ0v) is 17.5. The van der Waals surface area contributed by atoms with Crippen molar-refractivity contribution in [2.24, 2.45) is 5.73 Å². The lowest BCUT2D eigenvalue weighted by molar-refractivity contribution is -0.117. The average molecular weight is 431 g/mol. The molecule has 1 amide bonds. The normalized spacial score (nSPS) is 16.2. The Labute approximate surface area is 184 Å². The van der Waals surface area contributed by atoms with Gasteiger partial charge >= 0.3 is 0 Å². The Morgan fingerprint density at radius 1 is 1.16 bits per heavy atom. The predicted molar refractivity (Wildman–Crippen MR) is 120 cm³/mol. The maximum Gasteiger partial charge on any atom is 0.228 e. The summed E-state index contributed by atoms with van der Waals surface area (Å²) in [6.45, 7) is 1.000. The van der Waals surface area contributed by atoms with Crippen molar-refractivity contribution in [2.45, 2.75) is 19.0 Å². The minimum Gasteiger partial charge on any atom is -0.354 e. The first-order chi connectivity index (χ1) is 15.5. The molecule has 0 aliphatic carbocycles. The molecule has 0 unspecified atom stereocenters. The number of nitrogens with zero attached hydrogens (tertiary/aromatic N) is 6. The molecule has 4 heterocycles. The topological polar surface area (TPSA) is 92.6 Å². The molecule has 162 valence electrons. The molecule has 32 heavy (non-hydrogen) atoms. The van der Waals surface area contributed by atoms with Gasteiger partial charge in [-0.25, -0.2) is 13.9 Å². The van der Waals surface area contributed by atoms with Crippen LogP contribution in [0.5, 0.6) is 0 Å². The number of hydrogen-bond donors (Lipinski definition) is 1. The fourth-order valence-electron chi connectivity index (χ4n) is 3.96. The molecular formula is C23H22FN7O. The van der Waals surface area contributed by atoms with Crippen LogP contribution in [0.4, 0.5) is 15.9 Å². The quantitative estimate of drug-likeness (QED) is 0.522. The van der Waals surface area contributed by atoms with Crippen molar-refractivity contribution in [3.8, 4) is 11.3 Å². The van der Waals surface area contributed by atoms with Crippen molar-refractivity contribution in [1.82, 2.24) is 19.6 Å². The fourth-order valence-corrected chi connectivity index (χ4v) is 3.96. The summed E-state index contributed by atoms with van der Waals surface area (Å²) in [6.07, 6.45) is 4.97. The maximum atomic E-state index is 13.5. The van der Waals surface area contributed by atoms with E-state index in [-0.39, 0.29) is 17.8 Å². The second-order valence-electron chi connectivity index (χ2n) is 7.99. The number of pyridine rings is 1. The van der Waals surface area contributed by atoms with E-state index in [1.54, 1.807) is 21.8 Å². The Balaban J connectivity index is 1.42. The summed E-state index contributed by atoms with van der Waals surface area (Å²) in [4.78, 5) is 24.1. The molecule has 9 heteroatoms. The molecule has 1 aliphatic heterocycles. The van der Waals surface area contributed by atoms with Crippen LogP contribution in [0.1, 0.15) is 12.0 Å². The summed E-state index contributed by atoms with van der Waals surface area (Å²) in [6, 6.07) is 12.8. The third-order valence-electron chi connectivity index (χ3n) is 5.55. The van der Waals surface area contributed by atoms with Crippen LogP contribution >= 0.6 is 0 Å². The Hall–Kier alpha value is -3.85. The zero-order chi connectivity index (χ0) is 22.2. The van der Waals surface area contributed by atoms with Crippen LogP contribution in [0.2, 0.25) is 0 Å². The number of fused-ring (bicyclic) bond motifs is 1. The van der Waals surface area contributed by atoms with Crippen molar-refractivity contribution in [3.05, 3.63) is 72.4 Å². The number of amides is 1. The smallest absolute Gasteiger partial charge is 0.228 e. The van der Waals surface area contributed by atoms with Gasteiger partial charge in [0.1, 0.15) is 11.6 Å². The SMILES string of the molecule is CN(Cc1cncc(F)c1)c1ccc2ncc(-c3ccc(N4C[C@@H](N)CC4=O)cc3)n2n1. The Bertz CT molecular complexity index is 1290. The van der Waals surface area contributed by atoms with Gasteiger partial charge in [-0.05, 0) is 35.9 Å². The first-order valence-corrected chi connectivity index (χ1v) is 10.3. The van der Waals surface area contributed by atoms with E-state index in [2.05, 4.69) is 9.97 Å². The average Bonchev–Trinajstić information content (AvgIpc) is 3.35. The number of aromatic nitrogens is 4. The molecule has 1 fully saturated rings. The third kappa shape index (κ3) is 3.78. The molecule has 3 aromatic heterocycles. The van der Waals surface area contributed by atoms with E-state index >= 15 is 0 Å². The first kappa shape index (κ1) is 20.1. The van der Waals surface area contributed by atoms with E-state index in [0.717, 1.165) is 22.5 Å². The second kappa shape index (κ2) is 8.01. The van der Waals surface area contributed by atoms with E-state index in [4.69, 9.17) is 10.8 Å². The van der Waals surface area contributed by atoms with Gasteiger partial charge in [0.25, 0.3) is 0 Å². The Morgan fingerprint density at radius 2 is 1.97 bits per heavy atom. The number of anilines is 2. The minimum absolute atomic E-state index is 0.0443. The number of halogens is 1. The molecule has 1 saturated heterocycles. The Kier molecular flexibility index (Phi) is 5.02. The van der Waals surface area contributed by atoms with Gasteiger partial charge in [0.2, 0.25) is 5.91 Å². The molecule has 0 spiro atoms. The summed E-state index contributed by atoms with van der Waals surface area (Å²) in [5, 5.41) is 4.74. The highest BCUT2D eigenvalue weighted by atomic mass is 19.1. The standard InChI is InChI=1S/C23H22FN7O/c1-29(13-15-8-17(24)11-26-10-15)22-7-6-21-27-12-20(31(21)28-22)16-2-4-19(5-3-16)30-14-18(25)9-23(30)32/h2-8,10-12,18H,9,13-14,25H2,1H3/t18-/m0/s1. The van der Waals surface area contributed by atoms with E-state index in [9.17, 15) is 9.18 Å². The predicted octanol–water partition coefficient (Wildman–Crippen LogP) is 2.63. The van der Waals surface area contributed by atoms with Crippen LogP contribution in [-0.4, -0.2) is 45.1 Å². The number of carbonyl (C=O) groups excluding carboxylic acids is 1. The lowest BCUT2D eigenvalue weighted by Gasteiger charge is -2.18. The van der Waals surface area contributed by atoms with Gasteiger partial charge in [-0.15, -0.1) is 5.10 Å². The molecule has 2 N–H and O–H groups in total. The Morgan fingerprint density at radius 3 is 2.69 bits per heavy atom. The highest BCUT2D eigenvalue weighted by molar-refractivity contribution is 5.96. The van der Waals surface area contributed by atoms with Crippen molar-refractivity contribution < 1.29 is 9.18 Å². The lowest BCUT2D eigenvalue weighted by atomic mass is 10.1. The summed E-state index contributed by atoms with van der Waals surface area (Å²) in [5.74, 6) is 0.398. The van der Waals surface area contributed by atoms with Gasteiger partial charge in [-0.1, -0.05) is 12.1 Å². The summed E-state index contributed by atoms with van der Waals surface area (Å²) in [5.41, 5.74) is 9.97. The van der Waals surface area contributed by atoms with E-state index in [1.807, 2.05) is 48.3 Å². The van der Waals surface area contributed by atoms with E-state index < -0.39 is 0 Å². The van der Waals surface area contributed by atoms with Gasteiger partial charge in [-0.3, -0.25) is 9.78 Å². The highest BCUT2D eigenvalue weighted by Gasteiger charge is 2.28. The number of rotatable bonds is 5. The summed E-state index contributed by atoms with van der Waals surface area (Å²) in [7, 11) is 1.89. The molecule has 8 nitrogen and oxygen atoms in total. The number of benzene rings is 1. The van der Waals surface area contributed by atoms with Crippen LogP contribution in [-0.2, 0) is 11.3 Å². The number of imidazole rings is 1. The summed E-state index contributed by atoms with van der Waals surface area (Å²) >= 11 is 0. The minimum atomic E-state index is -0.364. The van der Waals surface area contributed by atoms with Gasteiger partial charge < -0.3 is 15.5 Å². The molecule has 1 aromatic carbocycles. The number of carbonyl (C=O) groups is 1. The van der Waals surface area contributed by atoms with Crippen LogP contribution in [0.3, 0.4) is 0 Å². The largest absolute Gasteiger partial charge is 0.354 e. The van der Waals surface area contributed by atoms with Crippen molar-refractivity contribution in [3.63, 3.8) is 0 Å². The van der Waals surface area contributed by atoms with Crippen LogP contribution in [0.25, 0.3) is 16.9 Å². The van der Waals surface area contributed by atoms with Gasteiger partial charge in [0.05, 0.1) is 18.1 Å². The molecule has 0 saturated carbocycles. The van der Waals surface area contributed by atoms with Gasteiger partial charge in [-0.2, -0.15) is 0 Å². The first-order valence-electron chi connectivity index (χ1n) is 10.3. The van der Waals surface area contributed by atoms with Crippen molar-refractivity contribution >= 4 is 23.1 Å². The molecular weight excluding hydrogens is 409 g/mol. The molecule has 0 radical (unpaired) electrons. The van der Waals surface area contributed by atoms with Crippen LogP contribution in [0, 0.1) is 5.82 Å². The highest BCUT2D eigenvalue weighted by Crippen LogP contribution is 2.27. The third-order valence-corrected chi connectivity index (χ3v) is 5.55. The molecule has 1 aliphatic rings.